The molecule has 102 valence electrons. The van der Waals surface area contributed by atoms with Crippen molar-refractivity contribution in [1.82, 2.24) is 15.1 Å². The first-order valence-electron chi connectivity index (χ1n) is 7.32. The van der Waals surface area contributed by atoms with E-state index in [1.165, 1.54) is 13.0 Å². The largest absolute Gasteiger partial charge is 0.321 e. The fourth-order valence-corrected chi connectivity index (χ4v) is 3.52. The standard InChI is InChI=1S/C14H25N3O/c1-10(2)12-15-14(6-7-14)13(18)17(12)11-5-4-8-16(3)9-11/h10-12,15H,4-9H2,1-3H3. The minimum Gasteiger partial charge on any atom is -0.321 e. The van der Waals surface area contributed by atoms with E-state index in [2.05, 4.69) is 36.0 Å². The van der Waals surface area contributed by atoms with Gasteiger partial charge in [-0.25, -0.2) is 0 Å². The molecule has 1 aliphatic carbocycles. The average Bonchev–Trinajstić information content (AvgIpc) is 3.02. The molecule has 0 aromatic carbocycles. The van der Waals surface area contributed by atoms with E-state index in [0.29, 0.717) is 17.9 Å². The molecule has 2 aliphatic heterocycles. The first-order valence-corrected chi connectivity index (χ1v) is 7.32. The van der Waals surface area contributed by atoms with Gasteiger partial charge in [-0.1, -0.05) is 13.8 Å². The molecular weight excluding hydrogens is 226 g/mol. The van der Waals surface area contributed by atoms with Gasteiger partial charge < -0.3 is 9.80 Å². The molecule has 2 heterocycles. The van der Waals surface area contributed by atoms with E-state index in [4.69, 9.17) is 0 Å². The van der Waals surface area contributed by atoms with E-state index in [9.17, 15) is 4.79 Å². The minimum absolute atomic E-state index is 0.162. The van der Waals surface area contributed by atoms with Crippen molar-refractivity contribution in [3.63, 3.8) is 0 Å². The Morgan fingerprint density at radius 1 is 1.39 bits per heavy atom. The normalized spacial score (nSPS) is 35.8. The van der Waals surface area contributed by atoms with Crippen LogP contribution in [0.1, 0.15) is 39.5 Å². The number of carbonyl (C=O) groups excluding carboxylic acids is 1. The first kappa shape index (κ1) is 12.4. The van der Waals surface area contributed by atoms with E-state index < -0.39 is 0 Å². The lowest BCUT2D eigenvalue weighted by atomic mass is 10.0. The minimum atomic E-state index is -0.162. The fourth-order valence-electron chi connectivity index (χ4n) is 3.52. The average molecular weight is 251 g/mol. The molecule has 2 unspecified atom stereocenters. The Morgan fingerprint density at radius 3 is 2.67 bits per heavy atom. The summed E-state index contributed by atoms with van der Waals surface area (Å²) < 4.78 is 0. The molecule has 2 saturated heterocycles. The molecule has 0 radical (unpaired) electrons. The lowest BCUT2D eigenvalue weighted by Gasteiger charge is -2.39. The first-order chi connectivity index (χ1) is 8.53. The van der Waals surface area contributed by atoms with Gasteiger partial charge in [-0.15, -0.1) is 0 Å². The van der Waals surface area contributed by atoms with Crippen LogP contribution in [-0.2, 0) is 4.79 Å². The summed E-state index contributed by atoms with van der Waals surface area (Å²) in [4.78, 5) is 17.2. The summed E-state index contributed by atoms with van der Waals surface area (Å²) in [5.74, 6) is 0.864. The van der Waals surface area contributed by atoms with Crippen LogP contribution < -0.4 is 5.32 Å². The van der Waals surface area contributed by atoms with Crippen LogP contribution in [0.3, 0.4) is 0 Å². The monoisotopic (exact) mass is 251 g/mol. The number of hydrogen-bond acceptors (Lipinski definition) is 3. The second-order valence-electron chi connectivity index (χ2n) is 6.69. The quantitative estimate of drug-likeness (QED) is 0.796. The lowest BCUT2D eigenvalue weighted by molar-refractivity contribution is -0.134. The summed E-state index contributed by atoms with van der Waals surface area (Å²) in [6, 6.07) is 0.413. The summed E-state index contributed by atoms with van der Waals surface area (Å²) in [6.07, 6.45) is 4.69. The molecular formula is C14H25N3O. The Hall–Kier alpha value is -0.610. The Kier molecular flexibility index (Phi) is 2.90. The molecule has 3 rings (SSSR count). The SMILES string of the molecule is CC(C)C1NC2(CC2)C(=O)N1C1CCCN(C)C1. The van der Waals surface area contributed by atoms with Crippen LogP contribution in [0.25, 0.3) is 0 Å². The summed E-state index contributed by atoms with van der Waals surface area (Å²) >= 11 is 0. The van der Waals surface area contributed by atoms with Gasteiger partial charge in [-0.3, -0.25) is 10.1 Å². The van der Waals surface area contributed by atoms with E-state index in [1.54, 1.807) is 0 Å². The topological polar surface area (TPSA) is 35.6 Å². The van der Waals surface area contributed by atoms with Crippen molar-refractivity contribution in [3.05, 3.63) is 0 Å². The van der Waals surface area contributed by atoms with Crippen LogP contribution in [0.5, 0.6) is 0 Å². The Morgan fingerprint density at radius 2 is 2.11 bits per heavy atom. The number of piperidine rings is 1. The fraction of sp³-hybridized carbons (Fsp3) is 0.929. The van der Waals surface area contributed by atoms with Crippen LogP contribution in [0.4, 0.5) is 0 Å². The summed E-state index contributed by atoms with van der Waals surface area (Å²) in [5.41, 5.74) is -0.162. The number of nitrogens with zero attached hydrogens (tertiary/aromatic N) is 2. The van der Waals surface area contributed by atoms with Crippen LogP contribution >= 0.6 is 0 Å². The van der Waals surface area contributed by atoms with Crippen molar-refractivity contribution in [3.8, 4) is 0 Å². The molecule has 3 fully saturated rings. The summed E-state index contributed by atoms with van der Waals surface area (Å²) in [5, 5.41) is 3.61. The van der Waals surface area contributed by atoms with Gasteiger partial charge in [0.25, 0.3) is 0 Å². The number of hydrogen-bond donors (Lipinski definition) is 1. The third kappa shape index (κ3) is 1.86. The van der Waals surface area contributed by atoms with E-state index in [-0.39, 0.29) is 11.7 Å². The molecule has 1 N–H and O–H groups in total. The van der Waals surface area contributed by atoms with Gasteiger partial charge in [0.15, 0.2) is 0 Å². The molecule has 3 aliphatic rings. The third-order valence-corrected chi connectivity index (χ3v) is 4.74. The maximum Gasteiger partial charge on any atom is 0.244 e. The predicted octanol–water partition coefficient (Wildman–Crippen LogP) is 1.03. The van der Waals surface area contributed by atoms with E-state index in [0.717, 1.165) is 25.8 Å². The highest BCUT2D eigenvalue weighted by Gasteiger charge is 2.60. The highest BCUT2D eigenvalue weighted by molar-refractivity contribution is 5.92. The van der Waals surface area contributed by atoms with E-state index >= 15 is 0 Å². The maximum atomic E-state index is 12.7. The number of likely N-dealkylation sites (tertiary alicyclic amines) is 1. The molecule has 0 aromatic heterocycles. The zero-order valence-corrected chi connectivity index (χ0v) is 11.8. The van der Waals surface area contributed by atoms with Crippen molar-refractivity contribution in [2.45, 2.75) is 57.3 Å². The number of nitrogens with one attached hydrogen (secondary N) is 1. The number of carbonyl (C=O) groups is 1. The molecule has 0 bridgehead atoms. The second-order valence-corrected chi connectivity index (χ2v) is 6.69. The zero-order valence-electron chi connectivity index (χ0n) is 11.8. The molecule has 1 saturated carbocycles. The van der Waals surface area contributed by atoms with Gasteiger partial charge in [0, 0.05) is 12.6 Å². The van der Waals surface area contributed by atoms with Crippen molar-refractivity contribution in [1.29, 1.82) is 0 Å². The smallest absolute Gasteiger partial charge is 0.244 e. The van der Waals surface area contributed by atoms with Gasteiger partial charge in [-0.2, -0.15) is 0 Å². The van der Waals surface area contributed by atoms with Crippen LogP contribution in [0, 0.1) is 5.92 Å². The lowest BCUT2D eigenvalue weighted by Crippen LogP contribution is -2.53. The van der Waals surface area contributed by atoms with Gasteiger partial charge in [0.1, 0.15) is 0 Å². The third-order valence-electron chi connectivity index (χ3n) is 4.74. The number of amides is 1. The van der Waals surface area contributed by atoms with Crippen LogP contribution in [0.15, 0.2) is 0 Å². The predicted molar refractivity (Wildman–Crippen MR) is 71.1 cm³/mol. The second kappa shape index (κ2) is 4.20. The summed E-state index contributed by atoms with van der Waals surface area (Å²) in [7, 11) is 2.16. The van der Waals surface area contributed by atoms with Crippen LogP contribution in [0.2, 0.25) is 0 Å². The molecule has 1 spiro atoms. The van der Waals surface area contributed by atoms with Crippen LogP contribution in [-0.4, -0.2) is 53.6 Å². The Labute approximate surface area is 110 Å². The molecule has 4 nitrogen and oxygen atoms in total. The van der Waals surface area contributed by atoms with Gasteiger partial charge >= 0.3 is 0 Å². The Balaban J connectivity index is 1.81. The highest BCUT2D eigenvalue weighted by Crippen LogP contribution is 2.44. The van der Waals surface area contributed by atoms with Crippen molar-refractivity contribution < 1.29 is 4.79 Å². The van der Waals surface area contributed by atoms with Crippen molar-refractivity contribution in [2.24, 2.45) is 5.92 Å². The zero-order chi connectivity index (χ0) is 12.9. The van der Waals surface area contributed by atoms with Gasteiger partial charge in [-0.05, 0) is 45.2 Å². The molecule has 4 heteroatoms. The highest BCUT2D eigenvalue weighted by atomic mass is 16.2. The Bertz CT molecular complexity index is 351. The summed E-state index contributed by atoms with van der Waals surface area (Å²) in [6.45, 7) is 6.63. The van der Waals surface area contributed by atoms with Crippen molar-refractivity contribution >= 4 is 5.91 Å². The molecule has 18 heavy (non-hydrogen) atoms. The van der Waals surface area contributed by atoms with Gasteiger partial charge in [0.05, 0.1) is 11.7 Å². The molecule has 1 amide bonds. The molecule has 0 aromatic rings. The van der Waals surface area contributed by atoms with Gasteiger partial charge in [0.2, 0.25) is 5.91 Å². The maximum absolute atomic E-state index is 12.7. The number of rotatable bonds is 2. The number of likely N-dealkylation sites (N-methyl/N-ethyl adjacent to an activating group) is 1. The van der Waals surface area contributed by atoms with E-state index in [1.807, 2.05) is 0 Å². The van der Waals surface area contributed by atoms with Crippen molar-refractivity contribution in [2.75, 3.05) is 20.1 Å². The molecule has 2 atom stereocenters.